The molecule has 69 heavy (non-hydrogen) atoms. The van der Waals surface area contributed by atoms with Gasteiger partial charge in [-0.3, -0.25) is 0 Å². The highest BCUT2D eigenvalue weighted by atomic mass is 15.1. The third-order valence-corrected chi connectivity index (χ3v) is 14.7. The zero-order valence-corrected chi connectivity index (χ0v) is 38.4. The van der Waals surface area contributed by atoms with E-state index in [1.165, 1.54) is 93.5 Å². The first-order valence-electron chi connectivity index (χ1n) is 24.0. The molecule has 1 unspecified atom stereocenters. The van der Waals surface area contributed by atoms with Gasteiger partial charge in [-0.25, -0.2) is 0 Å². The van der Waals surface area contributed by atoms with Gasteiger partial charge < -0.3 is 4.90 Å². The van der Waals surface area contributed by atoms with E-state index < -0.39 is 0 Å². The molecule has 12 aromatic carbocycles. The first-order chi connectivity index (χ1) is 34.1. The quantitative estimate of drug-likeness (QED) is 0.138. The second kappa shape index (κ2) is 16.5. The molecule has 0 radical (unpaired) electrons. The van der Waals surface area contributed by atoms with Gasteiger partial charge in [-0.2, -0.15) is 0 Å². The molecular weight excluding hydrogens is 831 g/mol. The first kappa shape index (κ1) is 40.5. The van der Waals surface area contributed by atoms with Crippen molar-refractivity contribution < 1.29 is 0 Å². The Morgan fingerprint density at radius 2 is 0.797 bits per heavy atom. The molecule has 0 saturated heterocycles. The van der Waals surface area contributed by atoms with Gasteiger partial charge in [0, 0.05) is 22.4 Å². The lowest BCUT2D eigenvalue weighted by Crippen LogP contribution is -2.22. The highest BCUT2D eigenvalue weighted by Gasteiger charge is 2.41. The van der Waals surface area contributed by atoms with Crippen molar-refractivity contribution in [3.8, 4) is 55.6 Å². The van der Waals surface area contributed by atoms with Gasteiger partial charge in [0.2, 0.25) is 0 Å². The number of hydrogen-bond acceptors (Lipinski definition) is 1. The Kier molecular flexibility index (Phi) is 9.70. The summed E-state index contributed by atoms with van der Waals surface area (Å²) in [6.07, 6.45) is 0. The third-order valence-electron chi connectivity index (χ3n) is 14.7. The Balaban J connectivity index is 1.05. The van der Waals surface area contributed by atoms with E-state index in [-0.39, 0.29) is 5.41 Å². The van der Waals surface area contributed by atoms with Crippen molar-refractivity contribution in [2.45, 2.75) is 12.3 Å². The van der Waals surface area contributed by atoms with Crippen LogP contribution in [-0.4, -0.2) is 0 Å². The van der Waals surface area contributed by atoms with Crippen LogP contribution in [0, 0.1) is 0 Å². The van der Waals surface area contributed by atoms with Crippen LogP contribution in [0.5, 0.6) is 0 Å². The van der Waals surface area contributed by atoms with E-state index in [9.17, 15) is 0 Å². The summed E-state index contributed by atoms with van der Waals surface area (Å²) in [5.41, 5.74) is 19.1. The lowest BCUT2D eigenvalue weighted by molar-refractivity contribution is 0.714. The van der Waals surface area contributed by atoms with Gasteiger partial charge >= 0.3 is 0 Å². The molecule has 0 N–H and O–H groups in total. The number of hydrogen-bond donors (Lipinski definition) is 0. The van der Waals surface area contributed by atoms with Crippen LogP contribution in [0.3, 0.4) is 0 Å². The summed E-state index contributed by atoms with van der Waals surface area (Å²) in [7, 11) is 0. The van der Waals surface area contributed by atoms with E-state index in [4.69, 9.17) is 0 Å². The summed E-state index contributed by atoms with van der Waals surface area (Å²) in [5.74, 6) is 0. The standard InChI is InChI=1S/C68H47N/c1-68(53-26-12-5-13-27-53)63-32-18-16-30-59(63)60-41-39-55(45-64(60)68)69(54-38-36-50-42-49(34-35-51(50)43-54)46-20-6-2-7-21-46)65-33-19-17-28-56(65)52-37-40-58-57-29-14-15-31-61(57)66(47-22-8-3-9-23-47)67(62(58)44-52)48-24-10-4-11-25-48/h2-45H,1H3. The van der Waals surface area contributed by atoms with Gasteiger partial charge in [-0.1, -0.05) is 224 Å². The average molecular weight is 878 g/mol. The van der Waals surface area contributed by atoms with Gasteiger partial charge in [0.25, 0.3) is 0 Å². The lowest BCUT2D eigenvalue weighted by Gasteiger charge is -2.32. The van der Waals surface area contributed by atoms with Crippen LogP contribution in [0.15, 0.2) is 267 Å². The van der Waals surface area contributed by atoms with Crippen LogP contribution in [-0.2, 0) is 5.41 Å². The van der Waals surface area contributed by atoms with Gasteiger partial charge in [0.1, 0.15) is 0 Å². The largest absolute Gasteiger partial charge is 0.310 e. The minimum atomic E-state index is -0.350. The van der Waals surface area contributed by atoms with Crippen molar-refractivity contribution in [3.05, 3.63) is 284 Å². The second-order valence-electron chi connectivity index (χ2n) is 18.5. The number of benzene rings is 12. The van der Waals surface area contributed by atoms with Crippen LogP contribution in [0.25, 0.3) is 88.0 Å². The van der Waals surface area contributed by atoms with Crippen molar-refractivity contribution in [2.24, 2.45) is 0 Å². The van der Waals surface area contributed by atoms with E-state index in [1.54, 1.807) is 0 Å². The number of para-hydroxylation sites is 1. The monoisotopic (exact) mass is 877 g/mol. The second-order valence-corrected chi connectivity index (χ2v) is 18.5. The molecule has 1 heteroatoms. The third kappa shape index (κ3) is 6.69. The summed E-state index contributed by atoms with van der Waals surface area (Å²) in [5, 5.41) is 7.37. The molecule has 1 aliphatic rings. The SMILES string of the molecule is CC1(c2ccccc2)c2ccccc2-c2ccc(N(c3ccc4cc(-c5ccccc5)ccc4c3)c3ccccc3-c3ccc4c(c3)c(-c3ccccc3)c(-c3ccccc3)c3ccccc34)cc21. The Labute approximate surface area is 403 Å². The van der Waals surface area contributed by atoms with Crippen molar-refractivity contribution in [3.63, 3.8) is 0 Å². The number of anilines is 3. The predicted molar refractivity (Wildman–Crippen MR) is 293 cm³/mol. The smallest absolute Gasteiger partial charge is 0.0540 e. The van der Waals surface area contributed by atoms with Gasteiger partial charge in [0.15, 0.2) is 0 Å². The molecule has 0 bridgehead atoms. The number of fused-ring (bicyclic) bond motifs is 7. The van der Waals surface area contributed by atoms with Crippen LogP contribution < -0.4 is 4.90 Å². The van der Waals surface area contributed by atoms with Gasteiger partial charge in [-0.15, -0.1) is 0 Å². The molecule has 13 rings (SSSR count). The summed E-state index contributed by atoms with van der Waals surface area (Å²) in [6, 6.07) is 98.5. The molecule has 0 heterocycles. The molecule has 1 nitrogen and oxygen atoms in total. The van der Waals surface area contributed by atoms with E-state index in [1.807, 2.05) is 0 Å². The van der Waals surface area contributed by atoms with Crippen molar-refractivity contribution in [2.75, 3.05) is 4.90 Å². The fourth-order valence-electron chi connectivity index (χ4n) is 11.4. The van der Waals surface area contributed by atoms with E-state index >= 15 is 0 Å². The Bertz CT molecular complexity index is 3890. The van der Waals surface area contributed by atoms with Crippen LogP contribution in [0.4, 0.5) is 17.1 Å². The van der Waals surface area contributed by atoms with Crippen LogP contribution >= 0.6 is 0 Å². The Morgan fingerprint density at radius 3 is 1.54 bits per heavy atom. The molecule has 0 saturated carbocycles. The molecule has 1 atom stereocenters. The number of rotatable bonds is 8. The molecule has 12 aromatic rings. The molecule has 1 aliphatic carbocycles. The fourth-order valence-corrected chi connectivity index (χ4v) is 11.4. The fraction of sp³-hybridized carbons (Fsp3) is 0.0294. The maximum Gasteiger partial charge on any atom is 0.0540 e. The van der Waals surface area contributed by atoms with Crippen molar-refractivity contribution >= 4 is 49.4 Å². The minimum Gasteiger partial charge on any atom is -0.310 e. The highest BCUT2D eigenvalue weighted by molar-refractivity contribution is 6.22. The van der Waals surface area contributed by atoms with Gasteiger partial charge in [0.05, 0.1) is 5.69 Å². The Morgan fingerprint density at radius 1 is 0.290 bits per heavy atom. The summed E-state index contributed by atoms with van der Waals surface area (Å²) in [4.78, 5) is 2.49. The Hall–Kier alpha value is -8.78. The van der Waals surface area contributed by atoms with Crippen LogP contribution in [0.1, 0.15) is 23.6 Å². The molecule has 0 fully saturated rings. The summed E-state index contributed by atoms with van der Waals surface area (Å²) in [6.45, 7) is 2.40. The average Bonchev–Trinajstić information content (AvgIpc) is 3.69. The molecule has 0 amide bonds. The first-order valence-corrected chi connectivity index (χ1v) is 24.0. The van der Waals surface area contributed by atoms with E-state index in [2.05, 4.69) is 279 Å². The normalized spacial score (nSPS) is 13.9. The zero-order chi connectivity index (χ0) is 45.9. The maximum absolute atomic E-state index is 2.49. The zero-order valence-electron chi connectivity index (χ0n) is 38.4. The highest BCUT2D eigenvalue weighted by Crippen LogP contribution is 2.55. The minimum absolute atomic E-state index is 0.350. The van der Waals surface area contributed by atoms with E-state index in [0.717, 1.165) is 28.2 Å². The van der Waals surface area contributed by atoms with Crippen molar-refractivity contribution in [1.29, 1.82) is 0 Å². The van der Waals surface area contributed by atoms with E-state index in [0.29, 0.717) is 0 Å². The molecule has 324 valence electrons. The summed E-state index contributed by atoms with van der Waals surface area (Å²) >= 11 is 0. The van der Waals surface area contributed by atoms with Crippen LogP contribution in [0.2, 0.25) is 0 Å². The topological polar surface area (TPSA) is 3.24 Å². The predicted octanol–water partition coefficient (Wildman–Crippen LogP) is 18.6. The molecular formula is C68H47N. The van der Waals surface area contributed by atoms with Gasteiger partial charge in [-0.05, 0) is 148 Å². The van der Waals surface area contributed by atoms with Crippen molar-refractivity contribution in [1.82, 2.24) is 0 Å². The molecule has 0 aliphatic heterocycles. The molecule has 0 spiro atoms. The number of nitrogens with zero attached hydrogens (tertiary/aromatic N) is 1. The lowest BCUT2D eigenvalue weighted by atomic mass is 9.74. The molecule has 0 aromatic heterocycles. The maximum atomic E-state index is 2.49. The summed E-state index contributed by atoms with van der Waals surface area (Å²) < 4.78 is 0.